The van der Waals surface area contributed by atoms with E-state index >= 15 is 0 Å². The van der Waals surface area contributed by atoms with Crippen molar-refractivity contribution >= 4 is 23.3 Å². The van der Waals surface area contributed by atoms with E-state index in [1.807, 2.05) is 79.7 Å². The minimum atomic E-state index is -0.332. The molecule has 138 valence electrons. The van der Waals surface area contributed by atoms with Crippen molar-refractivity contribution < 1.29 is 14.1 Å². The van der Waals surface area contributed by atoms with Crippen molar-refractivity contribution in [3.05, 3.63) is 108 Å². The van der Waals surface area contributed by atoms with Crippen LogP contribution in [0.1, 0.15) is 11.1 Å². The Kier molecular flexibility index (Phi) is 4.77. The fourth-order valence-electron chi connectivity index (χ4n) is 3.12. The van der Waals surface area contributed by atoms with E-state index in [1.54, 1.807) is 12.2 Å². The van der Waals surface area contributed by atoms with Gasteiger partial charge in [0.15, 0.2) is 12.4 Å². The van der Waals surface area contributed by atoms with Crippen LogP contribution in [0.5, 0.6) is 0 Å². The smallest absolute Gasteiger partial charge is 0.343 e. The average Bonchev–Trinajstić information content (AvgIpc) is 3.07. The zero-order valence-corrected chi connectivity index (χ0v) is 15.9. The molecule has 0 fully saturated rings. The standard InChI is InChI=1S/C24H21N2O2/c1-25-14-11-18(12-15-25)7-8-20-17-21(28-24(20)27)10-9-19-13-16-26(2)23-6-4-3-5-22(19)23/h3-17H,1-2H3/q+1. The van der Waals surface area contributed by atoms with Crippen LogP contribution >= 0.6 is 0 Å². The van der Waals surface area contributed by atoms with Crippen LogP contribution in [0, 0.1) is 0 Å². The molecule has 0 spiro atoms. The van der Waals surface area contributed by atoms with Crippen LogP contribution in [0.3, 0.4) is 0 Å². The van der Waals surface area contributed by atoms with Gasteiger partial charge in [0, 0.05) is 36.6 Å². The number of benzene rings is 1. The van der Waals surface area contributed by atoms with Gasteiger partial charge in [0.25, 0.3) is 0 Å². The Hall–Kier alpha value is -3.66. The van der Waals surface area contributed by atoms with E-state index in [1.165, 1.54) is 0 Å². The molecule has 4 rings (SSSR count). The maximum absolute atomic E-state index is 12.1. The number of aromatic nitrogens is 1. The highest BCUT2D eigenvalue weighted by molar-refractivity contribution is 5.97. The normalized spacial score (nSPS) is 18.7. The first-order valence-corrected chi connectivity index (χ1v) is 9.10. The summed E-state index contributed by atoms with van der Waals surface area (Å²) in [6.07, 6.45) is 17.3. The summed E-state index contributed by atoms with van der Waals surface area (Å²) in [5.74, 6) is 0.211. The number of ether oxygens (including phenoxy) is 1. The fraction of sp³-hybridized carbons (Fsp3) is 0.0833. The van der Waals surface area contributed by atoms with Crippen LogP contribution in [0.15, 0.2) is 96.7 Å². The topological polar surface area (TPSA) is 33.4 Å². The van der Waals surface area contributed by atoms with E-state index < -0.39 is 0 Å². The largest absolute Gasteiger partial charge is 0.423 e. The van der Waals surface area contributed by atoms with Gasteiger partial charge >= 0.3 is 5.97 Å². The Balaban J connectivity index is 1.56. The summed E-state index contributed by atoms with van der Waals surface area (Å²) in [4.78, 5) is 14.2. The van der Waals surface area contributed by atoms with Gasteiger partial charge in [-0.1, -0.05) is 30.4 Å². The number of carbonyl (C=O) groups is 1. The number of hydrogen-bond acceptors (Lipinski definition) is 3. The van der Waals surface area contributed by atoms with Crippen molar-refractivity contribution in [3.8, 4) is 0 Å². The second-order valence-electron chi connectivity index (χ2n) is 6.75. The Bertz CT molecular complexity index is 1070. The fourth-order valence-corrected chi connectivity index (χ4v) is 3.12. The number of fused-ring (bicyclic) bond motifs is 1. The lowest BCUT2D eigenvalue weighted by molar-refractivity contribution is -0.671. The van der Waals surface area contributed by atoms with Gasteiger partial charge < -0.3 is 9.64 Å². The van der Waals surface area contributed by atoms with Crippen molar-refractivity contribution in [1.82, 2.24) is 0 Å². The molecule has 0 unspecified atom stereocenters. The molecule has 1 aromatic heterocycles. The van der Waals surface area contributed by atoms with Crippen LogP contribution in [-0.2, 0) is 16.6 Å². The maximum Gasteiger partial charge on any atom is 0.343 e. The van der Waals surface area contributed by atoms with Crippen LogP contribution in [-0.4, -0.2) is 13.0 Å². The first kappa shape index (κ1) is 17.7. The predicted octanol–water partition coefficient (Wildman–Crippen LogP) is 3.94. The molecule has 0 saturated carbocycles. The highest BCUT2D eigenvalue weighted by Gasteiger charge is 2.18. The number of anilines is 1. The van der Waals surface area contributed by atoms with Gasteiger partial charge in [0.05, 0.1) is 5.57 Å². The number of hydrogen-bond donors (Lipinski definition) is 0. The Labute approximate surface area is 164 Å². The minimum Gasteiger partial charge on any atom is -0.423 e. The molecule has 3 heterocycles. The molecule has 0 saturated heterocycles. The lowest BCUT2D eigenvalue weighted by Gasteiger charge is -2.23. The van der Waals surface area contributed by atoms with E-state index in [-0.39, 0.29) is 5.97 Å². The summed E-state index contributed by atoms with van der Waals surface area (Å²) in [5, 5.41) is 0. The Morgan fingerprint density at radius 1 is 1.04 bits per heavy atom. The van der Waals surface area contributed by atoms with Crippen molar-refractivity contribution in [2.75, 3.05) is 11.9 Å². The van der Waals surface area contributed by atoms with Gasteiger partial charge in [-0.15, -0.1) is 0 Å². The van der Waals surface area contributed by atoms with Crippen molar-refractivity contribution in [2.45, 2.75) is 0 Å². The summed E-state index contributed by atoms with van der Waals surface area (Å²) in [6, 6.07) is 12.2. The van der Waals surface area contributed by atoms with Gasteiger partial charge in [-0.3, -0.25) is 0 Å². The lowest BCUT2D eigenvalue weighted by atomic mass is 10.00. The molecule has 1 aromatic carbocycles. The molecule has 0 N–H and O–H groups in total. The van der Waals surface area contributed by atoms with E-state index in [2.05, 4.69) is 23.1 Å². The highest BCUT2D eigenvalue weighted by Crippen LogP contribution is 2.32. The number of allylic oxidation sites excluding steroid dienone is 5. The summed E-state index contributed by atoms with van der Waals surface area (Å²) >= 11 is 0. The number of rotatable bonds is 3. The minimum absolute atomic E-state index is 0.332. The zero-order valence-electron chi connectivity index (χ0n) is 15.9. The van der Waals surface area contributed by atoms with Crippen LogP contribution in [0.4, 0.5) is 5.69 Å². The third-order valence-corrected chi connectivity index (χ3v) is 4.70. The molecule has 4 heteroatoms. The molecule has 0 atom stereocenters. The molecule has 28 heavy (non-hydrogen) atoms. The monoisotopic (exact) mass is 369 g/mol. The maximum atomic E-state index is 12.1. The van der Waals surface area contributed by atoms with Crippen molar-refractivity contribution in [1.29, 1.82) is 0 Å². The molecule has 2 aliphatic heterocycles. The third kappa shape index (κ3) is 3.71. The quantitative estimate of drug-likeness (QED) is 0.607. The van der Waals surface area contributed by atoms with Gasteiger partial charge in [0.2, 0.25) is 0 Å². The predicted molar refractivity (Wildman–Crippen MR) is 111 cm³/mol. The third-order valence-electron chi connectivity index (χ3n) is 4.70. The van der Waals surface area contributed by atoms with E-state index in [9.17, 15) is 4.79 Å². The zero-order chi connectivity index (χ0) is 19.5. The number of para-hydroxylation sites is 1. The van der Waals surface area contributed by atoms with E-state index in [0.717, 1.165) is 22.4 Å². The number of nitrogens with zero attached hydrogens (tertiary/aromatic N) is 2. The summed E-state index contributed by atoms with van der Waals surface area (Å²) < 4.78 is 7.34. The van der Waals surface area contributed by atoms with Gasteiger partial charge in [-0.05, 0) is 41.5 Å². The second kappa shape index (κ2) is 7.53. The summed E-state index contributed by atoms with van der Waals surface area (Å²) in [5.41, 5.74) is 4.94. The lowest BCUT2D eigenvalue weighted by Crippen LogP contribution is -2.25. The average molecular weight is 369 g/mol. The Morgan fingerprint density at radius 3 is 2.64 bits per heavy atom. The van der Waals surface area contributed by atoms with Crippen LogP contribution < -0.4 is 9.47 Å². The molecule has 2 aromatic rings. The van der Waals surface area contributed by atoms with E-state index in [4.69, 9.17) is 4.74 Å². The van der Waals surface area contributed by atoms with Gasteiger partial charge in [0.1, 0.15) is 12.8 Å². The SMILES string of the molecule is CN1C=C/C(=C/C=C2C=C(/C=C/c3cc[n+](C)cc3)C(=O)O\2)c2ccccc21. The molecular formula is C24H21N2O2+. The van der Waals surface area contributed by atoms with Crippen molar-refractivity contribution in [3.63, 3.8) is 0 Å². The molecule has 4 nitrogen and oxygen atoms in total. The molecular weight excluding hydrogens is 348 g/mol. The number of carbonyl (C=O) groups excluding carboxylic acids is 1. The van der Waals surface area contributed by atoms with Crippen LogP contribution in [0.25, 0.3) is 11.6 Å². The van der Waals surface area contributed by atoms with Crippen molar-refractivity contribution in [2.24, 2.45) is 7.05 Å². The number of pyridine rings is 1. The molecule has 0 bridgehead atoms. The Morgan fingerprint density at radius 2 is 1.82 bits per heavy atom. The summed E-state index contributed by atoms with van der Waals surface area (Å²) in [6.45, 7) is 0. The molecule has 2 aliphatic rings. The number of cyclic esters (lactones) is 1. The molecule has 0 amide bonds. The van der Waals surface area contributed by atoms with E-state index in [0.29, 0.717) is 11.3 Å². The second-order valence-corrected chi connectivity index (χ2v) is 6.75. The van der Waals surface area contributed by atoms with Gasteiger partial charge in [-0.2, -0.15) is 0 Å². The van der Waals surface area contributed by atoms with Crippen LogP contribution in [0.2, 0.25) is 0 Å². The molecule has 0 aliphatic carbocycles. The highest BCUT2D eigenvalue weighted by atomic mass is 16.5. The molecule has 0 radical (unpaired) electrons. The number of esters is 1. The first-order valence-electron chi connectivity index (χ1n) is 9.10. The van der Waals surface area contributed by atoms with Gasteiger partial charge in [-0.25, -0.2) is 9.36 Å². The first-order chi connectivity index (χ1) is 13.6. The summed E-state index contributed by atoms with van der Waals surface area (Å²) in [7, 11) is 3.99. The number of aryl methyl sites for hydroxylation is 1.